The molecule has 0 aromatic heterocycles. The molecule has 23 heavy (non-hydrogen) atoms. The fourth-order valence-corrected chi connectivity index (χ4v) is 3.05. The van der Waals surface area contributed by atoms with Crippen LogP contribution in [0.2, 0.25) is 0 Å². The third-order valence-electron chi connectivity index (χ3n) is 4.64. The number of benzene rings is 1. The third kappa shape index (κ3) is 5.66. The fraction of sp³-hybridized carbons (Fsp3) is 0.647. The average molecular weight is 349 g/mol. The second kappa shape index (κ2) is 7.86. The van der Waals surface area contributed by atoms with Crippen LogP contribution in [0.4, 0.5) is 13.2 Å². The summed E-state index contributed by atoms with van der Waals surface area (Å²) in [5, 5.41) is 3.62. The molecule has 0 amide bonds. The SMILES string of the molecule is Cl.FC(F)(F)c1cccc(CN2CCC(NCC3CC3)CC2)c1. The van der Waals surface area contributed by atoms with Crippen molar-refractivity contribution in [1.29, 1.82) is 0 Å². The van der Waals surface area contributed by atoms with Crippen molar-refractivity contribution >= 4 is 12.4 Å². The molecule has 0 spiro atoms. The molecular weight excluding hydrogens is 325 g/mol. The highest BCUT2D eigenvalue weighted by Gasteiger charge is 2.30. The highest BCUT2D eigenvalue weighted by Crippen LogP contribution is 2.30. The van der Waals surface area contributed by atoms with Crippen molar-refractivity contribution in [3.05, 3.63) is 35.4 Å². The molecule has 0 atom stereocenters. The van der Waals surface area contributed by atoms with Crippen molar-refractivity contribution in [1.82, 2.24) is 10.2 Å². The van der Waals surface area contributed by atoms with Gasteiger partial charge in [-0.05, 0) is 62.9 Å². The maximum Gasteiger partial charge on any atom is 0.416 e. The lowest BCUT2D eigenvalue weighted by atomic mass is 10.0. The second-order valence-electron chi connectivity index (χ2n) is 6.60. The first-order valence-electron chi connectivity index (χ1n) is 8.12. The van der Waals surface area contributed by atoms with Crippen molar-refractivity contribution < 1.29 is 13.2 Å². The van der Waals surface area contributed by atoms with Gasteiger partial charge in [0.1, 0.15) is 0 Å². The molecule has 1 N–H and O–H groups in total. The Labute approximate surface area is 141 Å². The number of hydrogen-bond acceptors (Lipinski definition) is 2. The van der Waals surface area contributed by atoms with Crippen molar-refractivity contribution in [2.45, 2.75) is 44.4 Å². The van der Waals surface area contributed by atoms with Gasteiger partial charge < -0.3 is 5.32 Å². The number of alkyl halides is 3. The van der Waals surface area contributed by atoms with Gasteiger partial charge in [0.05, 0.1) is 5.56 Å². The Morgan fingerprint density at radius 3 is 2.39 bits per heavy atom. The van der Waals surface area contributed by atoms with Crippen LogP contribution < -0.4 is 5.32 Å². The lowest BCUT2D eigenvalue weighted by Gasteiger charge is -2.32. The summed E-state index contributed by atoms with van der Waals surface area (Å²) in [6.07, 6.45) is 0.649. The van der Waals surface area contributed by atoms with E-state index in [0.29, 0.717) is 12.6 Å². The quantitative estimate of drug-likeness (QED) is 0.862. The van der Waals surface area contributed by atoms with E-state index >= 15 is 0 Å². The molecular formula is C17H24ClF3N2. The van der Waals surface area contributed by atoms with E-state index in [2.05, 4.69) is 10.2 Å². The minimum atomic E-state index is -4.25. The molecule has 130 valence electrons. The average Bonchev–Trinajstić information content (AvgIpc) is 3.30. The fourth-order valence-electron chi connectivity index (χ4n) is 3.05. The summed E-state index contributed by atoms with van der Waals surface area (Å²) in [7, 11) is 0. The molecule has 3 rings (SSSR count). The molecule has 2 aliphatic rings. The van der Waals surface area contributed by atoms with E-state index in [1.807, 2.05) is 0 Å². The molecule has 0 radical (unpaired) electrons. The Kier molecular flexibility index (Phi) is 6.34. The van der Waals surface area contributed by atoms with E-state index in [0.717, 1.165) is 50.0 Å². The van der Waals surface area contributed by atoms with Crippen LogP contribution in [0.5, 0.6) is 0 Å². The molecule has 1 heterocycles. The predicted octanol–water partition coefficient (Wildman–Crippen LogP) is 4.09. The summed E-state index contributed by atoms with van der Waals surface area (Å²) in [6, 6.07) is 6.28. The number of hydrogen-bond donors (Lipinski definition) is 1. The smallest absolute Gasteiger partial charge is 0.314 e. The molecule has 1 aromatic carbocycles. The van der Waals surface area contributed by atoms with Gasteiger partial charge in [-0.25, -0.2) is 0 Å². The molecule has 0 unspecified atom stereocenters. The Hall–Kier alpha value is -0.780. The highest BCUT2D eigenvalue weighted by atomic mass is 35.5. The molecule has 2 fully saturated rings. The molecule has 1 aliphatic heterocycles. The Bertz CT molecular complexity index is 495. The van der Waals surface area contributed by atoms with E-state index in [9.17, 15) is 13.2 Å². The van der Waals surface area contributed by atoms with Crippen LogP contribution in [-0.4, -0.2) is 30.6 Å². The number of rotatable bonds is 5. The number of nitrogens with zero attached hydrogens (tertiary/aromatic N) is 1. The summed E-state index contributed by atoms with van der Waals surface area (Å²) in [5.74, 6) is 0.892. The molecule has 0 bridgehead atoms. The van der Waals surface area contributed by atoms with Crippen molar-refractivity contribution in [2.24, 2.45) is 5.92 Å². The molecule has 1 aliphatic carbocycles. The van der Waals surface area contributed by atoms with Crippen LogP contribution in [0.1, 0.15) is 36.8 Å². The van der Waals surface area contributed by atoms with Crippen LogP contribution in [0.3, 0.4) is 0 Å². The zero-order chi connectivity index (χ0) is 15.6. The minimum Gasteiger partial charge on any atom is -0.314 e. The first kappa shape index (κ1) is 18.6. The maximum absolute atomic E-state index is 12.7. The van der Waals surface area contributed by atoms with E-state index in [4.69, 9.17) is 0 Å². The van der Waals surface area contributed by atoms with Crippen LogP contribution in [-0.2, 0) is 12.7 Å². The number of nitrogens with one attached hydrogen (secondary N) is 1. The van der Waals surface area contributed by atoms with Gasteiger partial charge in [0.2, 0.25) is 0 Å². The van der Waals surface area contributed by atoms with E-state index < -0.39 is 11.7 Å². The van der Waals surface area contributed by atoms with E-state index in [1.54, 1.807) is 6.07 Å². The van der Waals surface area contributed by atoms with E-state index in [1.165, 1.54) is 25.0 Å². The second-order valence-corrected chi connectivity index (χ2v) is 6.60. The summed E-state index contributed by atoms with van der Waals surface area (Å²) in [5.41, 5.74) is 0.199. The lowest BCUT2D eigenvalue weighted by molar-refractivity contribution is -0.137. The monoisotopic (exact) mass is 348 g/mol. The molecule has 1 saturated heterocycles. The standard InChI is InChI=1S/C17H23F3N2.ClH/c18-17(19,20)15-3-1-2-14(10-15)12-22-8-6-16(7-9-22)21-11-13-4-5-13;/h1-3,10,13,16,21H,4-9,11-12H2;1H. The molecule has 6 heteroatoms. The van der Waals surface area contributed by atoms with Gasteiger partial charge in [0, 0.05) is 12.6 Å². The molecule has 1 saturated carbocycles. The van der Waals surface area contributed by atoms with Crippen molar-refractivity contribution in [3.63, 3.8) is 0 Å². The van der Waals surface area contributed by atoms with Gasteiger partial charge in [-0.1, -0.05) is 18.2 Å². The van der Waals surface area contributed by atoms with Crippen LogP contribution in [0.25, 0.3) is 0 Å². The zero-order valence-corrected chi connectivity index (χ0v) is 13.9. The lowest BCUT2D eigenvalue weighted by Crippen LogP contribution is -2.42. The van der Waals surface area contributed by atoms with Crippen molar-refractivity contribution in [2.75, 3.05) is 19.6 Å². The third-order valence-corrected chi connectivity index (χ3v) is 4.64. The Morgan fingerprint density at radius 1 is 1.09 bits per heavy atom. The van der Waals surface area contributed by atoms with E-state index in [-0.39, 0.29) is 12.4 Å². The topological polar surface area (TPSA) is 15.3 Å². The van der Waals surface area contributed by atoms with Crippen LogP contribution >= 0.6 is 12.4 Å². The van der Waals surface area contributed by atoms with Gasteiger partial charge in [0.15, 0.2) is 0 Å². The van der Waals surface area contributed by atoms with Crippen molar-refractivity contribution in [3.8, 4) is 0 Å². The van der Waals surface area contributed by atoms with Crippen LogP contribution in [0, 0.1) is 5.92 Å². The van der Waals surface area contributed by atoms with Gasteiger partial charge in [-0.15, -0.1) is 12.4 Å². The largest absolute Gasteiger partial charge is 0.416 e. The van der Waals surface area contributed by atoms with Gasteiger partial charge >= 0.3 is 6.18 Å². The minimum absolute atomic E-state index is 0. The highest BCUT2D eigenvalue weighted by molar-refractivity contribution is 5.85. The number of piperidine rings is 1. The summed E-state index contributed by atoms with van der Waals surface area (Å²) < 4.78 is 38.2. The predicted molar refractivity (Wildman–Crippen MR) is 87.7 cm³/mol. The Morgan fingerprint density at radius 2 is 1.78 bits per heavy atom. The normalized spacial score (nSPS) is 20.3. The first-order valence-corrected chi connectivity index (χ1v) is 8.12. The number of halogens is 4. The molecule has 2 nitrogen and oxygen atoms in total. The zero-order valence-electron chi connectivity index (χ0n) is 13.1. The number of likely N-dealkylation sites (tertiary alicyclic amines) is 1. The summed E-state index contributed by atoms with van der Waals surface area (Å²) >= 11 is 0. The maximum atomic E-state index is 12.7. The summed E-state index contributed by atoms with van der Waals surface area (Å²) in [6.45, 7) is 3.66. The van der Waals surface area contributed by atoms with Crippen LogP contribution in [0.15, 0.2) is 24.3 Å². The molecule has 1 aromatic rings. The summed E-state index contributed by atoms with van der Waals surface area (Å²) in [4.78, 5) is 2.25. The first-order chi connectivity index (χ1) is 10.5. The van der Waals surface area contributed by atoms with Gasteiger partial charge in [0.25, 0.3) is 0 Å². The Balaban J connectivity index is 0.00000192. The van der Waals surface area contributed by atoms with Gasteiger partial charge in [-0.3, -0.25) is 4.90 Å². The van der Waals surface area contributed by atoms with Gasteiger partial charge in [-0.2, -0.15) is 13.2 Å².